The van der Waals surface area contributed by atoms with Crippen molar-refractivity contribution >= 4 is 44.6 Å². The minimum atomic E-state index is -0.566. The zero-order valence-corrected chi connectivity index (χ0v) is 19.1. The molecular weight excluding hydrogens is 442 g/mol. The van der Waals surface area contributed by atoms with Crippen LogP contribution in [-0.4, -0.2) is 11.0 Å². The van der Waals surface area contributed by atoms with Gasteiger partial charge in [-0.3, -0.25) is 4.90 Å². The van der Waals surface area contributed by atoms with E-state index in [1.807, 2.05) is 72.9 Å². The molecule has 0 spiro atoms. The van der Waals surface area contributed by atoms with Gasteiger partial charge in [-0.05, 0) is 46.3 Å². The molecule has 6 N–H and O–H groups in total. The molecule has 0 unspecified atom stereocenters. The van der Waals surface area contributed by atoms with Crippen LogP contribution in [0, 0.1) is 0 Å². The van der Waals surface area contributed by atoms with Crippen LogP contribution in [0.5, 0.6) is 0 Å². The lowest BCUT2D eigenvalue weighted by Crippen LogP contribution is -2.31. The van der Waals surface area contributed by atoms with Gasteiger partial charge in [-0.15, -0.1) is 11.3 Å². The average Bonchev–Trinajstić information content (AvgIpc) is 3.31. The van der Waals surface area contributed by atoms with Gasteiger partial charge in [0.1, 0.15) is 5.82 Å². The molecule has 168 valence electrons. The van der Waals surface area contributed by atoms with Crippen molar-refractivity contribution in [1.82, 2.24) is 4.98 Å². The number of hydrogen-bond acceptors (Lipinski definition) is 5. The van der Waals surface area contributed by atoms with Crippen LogP contribution < -0.4 is 22.1 Å². The van der Waals surface area contributed by atoms with Crippen LogP contribution in [0.25, 0.3) is 32.3 Å². The largest absolute Gasteiger partial charge is 0.383 e. The molecule has 0 aliphatic carbocycles. The summed E-state index contributed by atoms with van der Waals surface area (Å²) in [4.78, 5) is 18.2. The van der Waals surface area contributed by atoms with Crippen LogP contribution in [0.3, 0.4) is 0 Å². The Hall–Kier alpha value is -4.20. The highest BCUT2D eigenvalue weighted by Crippen LogP contribution is 2.42. The number of primary amides is 1. The molecule has 2 aromatic heterocycles. The summed E-state index contributed by atoms with van der Waals surface area (Å²) < 4.78 is 1.09. The molecule has 2 heterocycles. The molecule has 5 aromatic rings. The Bertz CT molecular complexity index is 1480. The maximum absolute atomic E-state index is 12.3. The average molecular weight is 466 g/mol. The summed E-state index contributed by atoms with van der Waals surface area (Å²) in [5.41, 5.74) is 24.2. The van der Waals surface area contributed by atoms with Gasteiger partial charge in [0.25, 0.3) is 0 Å². The third-order valence-corrected chi connectivity index (χ3v) is 6.78. The number of benzene rings is 3. The molecule has 34 heavy (non-hydrogen) atoms. The number of hydrogen-bond donors (Lipinski definition) is 3. The second-order valence-electron chi connectivity index (χ2n) is 7.87. The quantitative estimate of drug-likeness (QED) is 0.300. The van der Waals surface area contributed by atoms with Gasteiger partial charge in [0, 0.05) is 34.0 Å². The number of nitrogen functional groups attached to an aromatic ring is 1. The minimum Gasteiger partial charge on any atom is -0.383 e. The molecule has 0 saturated carbocycles. The second kappa shape index (κ2) is 8.97. The smallest absolute Gasteiger partial charge is 0.323 e. The lowest BCUT2D eigenvalue weighted by Gasteiger charge is -2.21. The van der Waals surface area contributed by atoms with Gasteiger partial charge in [0.15, 0.2) is 0 Å². The molecule has 6 nitrogen and oxygen atoms in total. The topological polar surface area (TPSA) is 111 Å². The Morgan fingerprint density at radius 1 is 0.882 bits per heavy atom. The van der Waals surface area contributed by atoms with E-state index in [0.29, 0.717) is 23.7 Å². The zero-order chi connectivity index (χ0) is 23.7. The number of carbonyl (C=O) groups excluding carboxylic acids is 1. The van der Waals surface area contributed by atoms with Gasteiger partial charge in [0.2, 0.25) is 0 Å². The lowest BCUT2D eigenvalue weighted by molar-refractivity contribution is 0.256. The van der Waals surface area contributed by atoms with E-state index in [2.05, 4.69) is 22.5 Å². The van der Waals surface area contributed by atoms with Gasteiger partial charge < -0.3 is 17.2 Å². The predicted octanol–water partition coefficient (Wildman–Crippen LogP) is 5.89. The van der Waals surface area contributed by atoms with Gasteiger partial charge in [-0.2, -0.15) is 0 Å². The van der Waals surface area contributed by atoms with Crippen molar-refractivity contribution in [2.45, 2.75) is 6.54 Å². The fourth-order valence-electron chi connectivity index (χ4n) is 4.12. The molecule has 0 saturated heterocycles. The zero-order valence-electron chi connectivity index (χ0n) is 18.3. The Morgan fingerprint density at radius 3 is 2.32 bits per heavy atom. The molecule has 0 aliphatic heterocycles. The Morgan fingerprint density at radius 2 is 1.62 bits per heavy atom. The van der Waals surface area contributed by atoms with E-state index in [1.165, 1.54) is 4.90 Å². The van der Waals surface area contributed by atoms with E-state index < -0.39 is 6.03 Å². The van der Waals surface area contributed by atoms with Crippen molar-refractivity contribution in [2.75, 3.05) is 10.6 Å². The molecule has 7 heteroatoms. The fraction of sp³-hybridized carbons (Fsp3) is 0.0370. The van der Waals surface area contributed by atoms with Gasteiger partial charge in [-0.25, -0.2) is 9.78 Å². The highest BCUT2D eigenvalue weighted by Gasteiger charge is 2.18. The Balaban J connectivity index is 1.56. The van der Waals surface area contributed by atoms with Gasteiger partial charge in [0.05, 0.1) is 11.4 Å². The van der Waals surface area contributed by atoms with Crippen LogP contribution in [0.2, 0.25) is 0 Å². The number of nitrogens with zero attached hydrogens (tertiary/aromatic N) is 2. The number of amides is 2. The first-order valence-corrected chi connectivity index (χ1v) is 11.6. The first kappa shape index (κ1) is 21.6. The minimum absolute atomic E-state index is 0.380. The highest BCUT2D eigenvalue weighted by atomic mass is 32.1. The van der Waals surface area contributed by atoms with Crippen LogP contribution in [0.1, 0.15) is 5.56 Å². The first-order valence-electron chi connectivity index (χ1n) is 10.8. The first-order chi connectivity index (χ1) is 16.6. The van der Waals surface area contributed by atoms with Crippen molar-refractivity contribution < 1.29 is 4.79 Å². The number of urea groups is 1. The van der Waals surface area contributed by atoms with Crippen molar-refractivity contribution in [3.8, 4) is 22.3 Å². The van der Waals surface area contributed by atoms with E-state index >= 15 is 0 Å². The van der Waals surface area contributed by atoms with Crippen LogP contribution in [-0.2, 0) is 6.54 Å². The van der Waals surface area contributed by atoms with E-state index in [1.54, 1.807) is 11.3 Å². The number of thiophene rings is 1. The van der Waals surface area contributed by atoms with Crippen molar-refractivity contribution in [3.63, 3.8) is 0 Å². The number of carbonyl (C=O) groups is 1. The third-order valence-electron chi connectivity index (χ3n) is 5.77. The molecule has 0 aliphatic rings. The summed E-state index contributed by atoms with van der Waals surface area (Å²) in [5.74, 6) is 0.493. The van der Waals surface area contributed by atoms with Crippen LogP contribution >= 0.6 is 11.3 Å². The summed E-state index contributed by atoms with van der Waals surface area (Å²) in [5, 5.41) is 3.03. The van der Waals surface area contributed by atoms with Gasteiger partial charge in [-0.1, -0.05) is 54.6 Å². The standard InChI is InChI=1S/C27H23N5OS/c28-14-17-5-4-8-21(13-17)32(27(30)33)20-11-9-19(10-12-20)23-16-34-25-22(15-31-26(29)24(23)25)18-6-2-1-3-7-18/h1-13,15-16H,14,28H2,(H2,29,31)(H2,30,33). The SMILES string of the molecule is NCc1cccc(N(C(N)=O)c2ccc(-c3csc4c(-c5ccccc5)cnc(N)c34)cc2)c1. The number of anilines is 3. The highest BCUT2D eigenvalue weighted by molar-refractivity contribution is 7.18. The van der Waals surface area contributed by atoms with Crippen LogP contribution in [0.15, 0.2) is 90.4 Å². The number of rotatable bonds is 5. The summed E-state index contributed by atoms with van der Waals surface area (Å²) in [6.45, 7) is 0.380. The van der Waals surface area contributed by atoms with E-state index in [9.17, 15) is 4.79 Å². The predicted molar refractivity (Wildman–Crippen MR) is 141 cm³/mol. The van der Waals surface area contributed by atoms with Crippen molar-refractivity contribution in [1.29, 1.82) is 0 Å². The molecule has 0 fully saturated rings. The maximum atomic E-state index is 12.3. The third kappa shape index (κ3) is 3.87. The van der Waals surface area contributed by atoms with E-state index in [0.717, 1.165) is 37.9 Å². The number of pyridine rings is 1. The normalized spacial score (nSPS) is 11.0. The van der Waals surface area contributed by atoms with Crippen molar-refractivity contribution in [2.24, 2.45) is 11.5 Å². The van der Waals surface area contributed by atoms with Crippen LogP contribution in [0.4, 0.5) is 22.0 Å². The summed E-state index contributed by atoms with van der Waals surface area (Å²) in [6, 6.07) is 24.8. The van der Waals surface area contributed by atoms with E-state index in [4.69, 9.17) is 17.2 Å². The summed E-state index contributed by atoms with van der Waals surface area (Å²) in [6.07, 6.45) is 1.83. The molecule has 3 aromatic carbocycles. The number of aromatic nitrogens is 1. The number of nitrogens with two attached hydrogens (primary N) is 3. The van der Waals surface area contributed by atoms with Crippen molar-refractivity contribution in [3.05, 3.63) is 96.0 Å². The molecule has 0 bridgehead atoms. The molecule has 2 amide bonds. The Kier molecular flexibility index (Phi) is 5.71. The molecule has 5 rings (SSSR count). The lowest BCUT2D eigenvalue weighted by atomic mass is 10.0. The molecular formula is C27H23N5OS. The number of fused-ring (bicyclic) bond motifs is 1. The second-order valence-corrected chi connectivity index (χ2v) is 8.75. The monoisotopic (exact) mass is 465 g/mol. The fourth-order valence-corrected chi connectivity index (χ4v) is 5.24. The van der Waals surface area contributed by atoms with E-state index in [-0.39, 0.29) is 0 Å². The summed E-state index contributed by atoms with van der Waals surface area (Å²) in [7, 11) is 0. The molecule has 0 atom stereocenters. The Labute approximate surface area is 201 Å². The summed E-state index contributed by atoms with van der Waals surface area (Å²) >= 11 is 1.64. The maximum Gasteiger partial charge on any atom is 0.323 e. The van der Waals surface area contributed by atoms with Gasteiger partial charge >= 0.3 is 6.03 Å². The molecule has 0 radical (unpaired) electrons.